The summed E-state index contributed by atoms with van der Waals surface area (Å²) in [4.78, 5) is 12.7. The molecule has 1 heterocycles. The number of amides is 1. The number of benzene rings is 2. The van der Waals surface area contributed by atoms with Crippen LogP contribution in [0.25, 0.3) is 5.69 Å². The maximum atomic E-state index is 14.3. The van der Waals surface area contributed by atoms with E-state index in [-0.39, 0.29) is 11.6 Å². The lowest BCUT2D eigenvalue weighted by atomic mass is 10.1. The van der Waals surface area contributed by atoms with Gasteiger partial charge in [0.05, 0.1) is 5.69 Å². The van der Waals surface area contributed by atoms with Gasteiger partial charge in [-0.15, -0.1) is 0 Å². The molecule has 2 aliphatic rings. The predicted molar refractivity (Wildman–Crippen MR) is 95.6 cm³/mol. The van der Waals surface area contributed by atoms with Gasteiger partial charge < -0.3 is 5.32 Å². The van der Waals surface area contributed by atoms with E-state index in [9.17, 15) is 13.6 Å². The zero-order valence-corrected chi connectivity index (χ0v) is 14.5. The van der Waals surface area contributed by atoms with Crippen LogP contribution in [0.4, 0.5) is 8.78 Å². The fraction of sp³-hybridized carbons (Fsp3) is 0.238. The number of carbonyl (C=O) groups excluding carboxylic acids is 1. The number of nitrogens with one attached hydrogen (secondary N) is 1. The van der Waals surface area contributed by atoms with E-state index in [1.54, 1.807) is 0 Å². The Labute approximate surface area is 154 Å². The molecule has 2 atom stereocenters. The summed E-state index contributed by atoms with van der Waals surface area (Å²) in [5.41, 5.74) is 3.31. The fourth-order valence-electron chi connectivity index (χ4n) is 4.00. The number of halogens is 2. The zero-order chi connectivity index (χ0) is 18.5. The molecule has 0 saturated heterocycles. The highest BCUT2D eigenvalue weighted by molar-refractivity contribution is 5.94. The minimum absolute atomic E-state index is 0.183. The molecular formula is C21H17F2N3O. The Morgan fingerprint density at radius 2 is 2.00 bits per heavy atom. The Morgan fingerprint density at radius 3 is 2.78 bits per heavy atom. The molecule has 2 aliphatic carbocycles. The highest BCUT2D eigenvalue weighted by Gasteiger charge is 2.50. The van der Waals surface area contributed by atoms with Crippen LogP contribution >= 0.6 is 0 Å². The summed E-state index contributed by atoms with van der Waals surface area (Å²) in [5.74, 6) is -0.760. The number of hydrogen-bond donors (Lipinski definition) is 1. The summed E-state index contributed by atoms with van der Waals surface area (Å²) in [5, 5.41) is 7.32. The summed E-state index contributed by atoms with van der Waals surface area (Å²) in [7, 11) is 0. The number of carbonyl (C=O) groups is 1. The predicted octanol–water partition coefficient (Wildman–Crippen LogP) is 3.74. The molecule has 1 amide bonds. The summed E-state index contributed by atoms with van der Waals surface area (Å²) in [6.45, 7) is 0.402. The normalized spacial score (nSPS) is 19.5. The zero-order valence-electron chi connectivity index (χ0n) is 14.5. The van der Waals surface area contributed by atoms with Crippen LogP contribution < -0.4 is 5.32 Å². The van der Waals surface area contributed by atoms with Crippen molar-refractivity contribution in [1.29, 1.82) is 0 Å². The Hall–Kier alpha value is -3.02. The van der Waals surface area contributed by atoms with Crippen molar-refractivity contribution in [3.05, 3.63) is 82.7 Å². The van der Waals surface area contributed by atoms with E-state index in [0.717, 1.165) is 35.7 Å². The van der Waals surface area contributed by atoms with Gasteiger partial charge >= 0.3 is 0 Å². The van der Waals surface area contributed by atoms with E-state index in [1.165, 1.54) is 16.8 Å². The SMILES string of the molecule is O=C(NCc1ccccc1)c1nn(-c2ccc(F)cc2F)c2c1C[C@H]1C[C@@H]21. The Kier molecular flexibility index (Phi) is 3.60. The van der Waals surface area contributed by atoms with Crippen molar-refractivity contribution >= 4 is 5.91 Å². The largest absolute Gasteiger partial charge is 0.347 e. The van der Waals surface area contributed by atoms with Crippen LogP contribution in [0, 0.1) is 17.6 Å². The van der Waals surface area contributed by atoms with Gasteiger partial charge in [-0.3, -0.25) is 4.79 Å². The number of nitrogens with zero attached hydrogens (tertiary/aromatic N) is 2. The summed E-state index contributed by atoms with van der Waals surface area (Å²) >= 11 is 0. The lowest BCUT2D eigenvalue weighted by molar-refractivity contribution is 0.0944. The third-order valence-corrected chi connectivity index (χ3v) is 5.41. The fourth-order valence-corrected chi connectivity index (χ4v) is 4.00. The number of fused-ring (bicyclic) bond motifs is 3. The average molecular weight is 365 g/mol. The standard InChI is InChI=1S/C21H17F2N3O/c22-14-6-7-18(17(23)10-14)26-20-15-8-13(15)9-16(20)19(25-26)21(27)24-11-12-4-2-1-3-5-12/h1-7,10,13,15H,8-9,11H2,(H,24,27)/t13-,15-/m1/s1. The molecule has 0 radical (unpaired) electrons. The van der Waals surface area contributed by atoms with Crippen LogP contribution in [0.5, 0.6) is 0 Å². The lowest BCUT2D eigenvalue weighted by Crippen LogP contribution is -2.24. The van der Waals surface area contributed by atoms with Crippen molar-refractivity contribution in [3.63, 3.8) is 0 Å². The molecule has 5 rings (SSSR count). The molecule has 6 heteroatoms. The van der Waals surface area contributed by atoms with Crippen molar-refractivity contribution in [2.75, 3.05) is 0 Å². The van der Waals surface area contributed by atoms with Gasteiger partial charge in [0.25, 0.3) is 5.91 Å². The van der Waals surface area contributed by atoms with Crippen LogP contribution in [0.1, 0.15) is 39.6 Å². The monoisotopic (exact) mass is 365 g/mol. The Bertz CT molecular complexity index is 1050. The smallest absolute Gasteiger partial charge is 0.272 e. The van der Waals surface area contributed by atoms with Gasteiger partial charge in [-0.05, 0) is 36.5 Å². The molecule has 0 unspecified atom stereocenters. The first kappa shape index (κ1) is 16.2. The average Bonchev–Trinajstić information content (AvgIpc) is 3.17. The highest BCUT2D eigenvalue weighted by Crippen LogP contribution is 2.57. The third-order valence-electron chi connectivity index (χ3n) is 5.41. The molecule has 4 nitrogen and oxygen atoms in total. The minimum atomic E-state index is -0.680. The molecule has 1 N–H and O–H groups in total. The molecule has 1 aromatic heterocycles. The van der Waals surface area contributed by atoms with Gasteiger partial charge in [0.15, 0.2) is 11.5 Å². The van der Waals surface area contributed by atoms with Gasteiger partial charge in [-0.25, -0.2) is 13.5 Å². The molecule has 1 fully saturated rings. The number of rotatable bonds is 4. The van der Waals surface area contributed by atoms with E-state index in [0.29, 0.717) is 24.1 Å². The quantitative estimate of drug-likeness (QED) is 0.766. The van der Waals surface area contributed by atoms with E-state index in [4.69, 9.17) is 0 Å². The molecule has 0 aliphatic heterocycles. The van der Waals surface area contributed by atoms with Crippen molar-refractivity contribution < 1.29 is 13.6 Å². The Morgan fingerprint density at radius 1 is 1.19 bits per heavy atom. The summed E-state index contributed by atoms with van der Waals surface area (Å²) in [6, 6.07) is 13.1. The van der Waals surface area contributed by atoms with Gasteiger partial charge in [0.2, 0.25) is 0 Å². The molecular weight excluding hydrogens is 348 g/mol. The van der Waals surface area contributed by atoms with Crippen LogP contribution in [-0.4, -0.2) is 15.7 Å². The number of aromatic nitrogens is 2. The van der Waals surface area contributed by atoms with Crippen molar-refractivity contribution in [2.24, 2.45) is 5.92 Å². The van der Waals surface area contributed by atoms with E-state index in [1.807, 2.05) is 30.3 Å². The second-order valence-corrected chi connectivity index (χ2v) is 7.19. The van der Waals surface area contributed by atoms with E-state index < -0.39 is 11.6 Å². The summed E-state index contributed by atoms with van der Waals surface area (Å²) in [6.07, 6.45) is 1.82. The second-order valence-electron chi connectivity index (χ2n) is 7.19. The Balaban J connectivity index is 1.49. The third kappa shape index (κ3) is 2.72. The minimum Gasteiger partial charge on any atom is -0.347 e. The van der Waals surface area contributed by atoms with Gasteiger partial charge in [0, 0.05) is 24.1 Å². The van der Waals surface area contributed by atoms with Crippen LogP contribution in [-0.2, 0) is 13.0 Å². The first-order valence-corrected chi connectivity index (χ1v) is 9.01. The molecule has 0 bridgehead atoms. The maximum absolute atomic E-state index is 14.3. The van der Waals surface area contributed by atoms with Crippen LogP contribution in [0.15, 0.2) is 48.5 Å². The van der Waals surface area contributed by atoms with Crippen molar-refractivity contribution in [2.45, 2.75) is 25.3 Å². The molecule has 27 heavy (non-hydrogen) atoms. The van der Waals surface area contributed by atoms with Crippen molar-refractivity contribution in [1.82, 2.24) is 15.1 Å². The first-order valence-electron chi connectivity index (χ1n) is 9.01. The van der Waals surface area contributed by atoms with Gasteiger partial charge in [-0.1, -0.05) is 30.3 Å². The first-order chi connectivity index (χ1) is 13.1. The molecule has 136 valence electrons. The van der Waals surface area contributed by atoms with Crippen LogP contribution in [0.2, 0.25) is 0 Å². The van der Waals surface area contributed by atoms with E-state index >= 15 is 0 Å². The molecule has 0 spiro atoms. The van der Waals surface area contributed by atoms with Gasteiger partial charge in [0.1, 0.15) is 11.5 Å². The number of hydrogen-bond acceptors (Lipinski definition) is 2. The molecule has 2 aromatic carbocycles. The molecule has 1 saturated carbocycles. The maximum Gasteiger partial charge on any atom is 0.272 e. The molecule has 3 aromatic rings. The van der Waals surface area contributed by atoms with Crippen molar-refractivity contribution in [3.8, 4) is 5.69 Å². The lowest BCUT2D eigenvalue weighted by Gasteiger charge is -2.07. The summed E-state index contributed by atoms with van der Waals surface area (Å²) < 4.78 is 29.1. The topological polar surface area (TPSA) is 46.9 Å². The van der Waals surface area contributed by atoms with Gasteiger partial charge in [-0.2, -0.15) is 5.10 Å². The second kappa shape index (κ2) is 6.01. The van der Waals surface area contributed by atoms with Crippen LogP contribution in [0.3, 0.4) is 0 Å². The van der Waals surface area contributed by atoms with E-state index in [2.05, 4.69) is 10.4 Å². The highest BCUT2D eigenvalue weighted by atomic mass is 19.1.